The fraction of sp³-hybridized carbons (Fsp3) is 0.933. The molecule has 1 aliphatic carbocycles. The number of piperidine rings is 1. The van der Waals surface area contributed by atoms with Crippen LogP contribution in [0.1, 0.15) is 59.3 Å². The highest BCUT2D eigenvalue weighted by atomic mass is 16.1. The molecule has 0 radical (unpaired) electrons. The predicted molar refractivity (Wildman–Crippen MR) is 74.4 cm³/mol. The van der Waals surface area contributed by atoms with Crippen LogP contribution >= 0.6 is 0 Å². The average Bonchev–Trinajstić information content (AvgIpc) is 2.25. The maximum absolute atomic E-state index is 12.3. The Bertz CT molecular complexity index is 312. The molecule has 18 heavy (non-hydrogen) atoms. The Kier molecular flexibility index (Phi) is 3.84. The lowest BCUT2D eigenvalue weighted by molar-refractivity contribution is -0.130. The minimum Gasteiger partial charge on any atom is -0.319 e. The summed E-state index contributed by atoms with van der Waals surface area (Å²) in [6.07, 6.45) is 5.88. The Morgan fingerprint density at radius 2 is 1.78 bits per heavy atom. The minimum absolute atomic E-state index is 0.185. The van der Waals surface area contributed by atoms with E-state index in [4.69, 9.17) is 5.73 Å². The van der Waals surface area contributed by atoms with Crippen molar-refractivity contribution in [2.24, 2.45) is 11.1 Å². The van der Waals surface area contributed by atoms with Crippen molar-refractivity contribution in [1.82, 2.24) is 4.90 Å². The summed E-state index contributed by atoms with van der Waals surface area (Å²) >= 11 is 0. The maximum atomic E-state index is 12.3. The number of likely N-dealkylation sites (tertiary alicyclic amines) is 1. The SMILES string of the molecule is CC(C)N1CCC(C)(CC(=O)C2(N)CCC2)CC1. The molecule has 3 nitrogen and oxygen atoms in total. The van der Waals surface area contributed by atoms with E-state index in [0.717, 1.165) is 45.2 Å². The number of carbonyl (C=O) groups excluding carboxylic acids is 1. The van der Waals surface area contributed by atoms with E-state index in [1.165, 1.54) is 0 Å². The van der Waals surface area contributed by atoms with Gasteiger partial charge in [-0.3, -0.25) is 4.79 Å². The van der Waals surface area contributed by atoms with Crippen molar-refractivity contribution >= 4 is 5.78 Å². The minimum atomic E-state index is -0.460. The molecule has 2 fully saturated rings. The summed E-state index contributed by atoms with van der Waals surface area (Å²) in [5.74, 6) is 0.314. The monoisotopic (exact) mass is 252 g/mol. The molecule has 2 rings (SSSR count). The molecule has 1 saturated heterocycles. The number of carbonyl (C=O) groups is 1. The van der Waals surface area contributed by atoms with E-state index in [0.29, 0.717) is 18.2 Å². The van der Waals surface area contributed by atoms with Gasteiger partial charge in [0.2, 0.25) is 0 Å². The second kappa shape index (κ2) is 4.93. The van der Waals surface area contributed by atoms with E-state index >= 15 is 0 Å². The summed E-state index contributed by atoms with van der Waals surface area (Å²) in [4.78, 5) is 14.8. The first-order chi connectivity index (χ1) is 8.35. The average molecular weight is 252 g/mol. The van der Waals surface area contributed by atoms with Gasteiger partial charge in [-0.2, -0.15) is 0 Å². The highest BCUT2D eigenvalue weighted by Gasteiger charge is 2.43. The Morgan fingerprint density at radius 1 is 1.22 bits per heavy atom. The van der Waals surface area contributed by atoms with Crippen LogP contribution < -0.4 is 5.73 Å². The molecule has 1 heterocycles. The predicted octanol–water partition coefficient (Wildman–Crippen LogP) is 2.34. The Morgan fingerprint density at radius 3 is 2.17 bits per heavy atom. The molecule has 0 bridgehead atoms. The molecule has 0 aromatic carbocycles. The molecule has 1 saturated carbocycles. The standard InChI is InChI=1S/C15H28N2O/c1-12(2)17-9-7-14(3,8-10-17)11-13(18)15(16)5-4-6-15/h12H,4-11,16H2,1-3H3. The van der Waals surface area contributed by atoms with Gasteiger partial charge in [-0.05, 0) is 64.5 Å². The van der Waals surface area contributed by atoms with E-state index in [1.807, 2.05) is 0 Å². The molecule has 2 N–H and O–H groups in total. The lowest BCUT2D eigenvalue weighted by Gasteiger charge is -2.44. The zero-order valence-corrected chi connectivity index (χ0v) is 12.2. The highest BCUT2D eigenvalue weighted by molar-refractivity contribution is 5.89. The molecule has 104 valence electrons. The van der Waals surface area contributed by atoms with Crippen LogP contribution in [0.25, 0.3) is 0 Å². The van der Waals surface area contributed by atoms with Gasteiger partial charge < -0.3 is 10.6 Å². The first-order valence-corrected chi connectivity index (χ1v) is 7.41. The molecule has 3 heteroatoms. The second-order valence-electron chi connectivity index (χ2n) is 7.05. The first-order valence-electron chi connectivity index (χ1n) is 7.41. The van der Waals surface area contributed by atoms with Crippen LogP contribution in [0.15, 0.2) is 0 Å². The van der Waals surface area contributed by atoms with Gasteiger partial charge in [0, 0.05) is 12.5 Å². The molecule has 1 aliphatic heterocycles. The summed E-state index contributed by atoms with van der Waals surface area (Å²) in [7, 11) is 0. The van der Waals surface area contributed by atoms with Gasteiger partial charge in [0.15, 0.2) is 5.78 Å². The van der Waals surface area contributed by atoms with Crippen LogP contribution in [0, 0.1) is 5.41 Å². The van der Waals surface area contributed by atoms with E-state index in [-0.39, 0.29) is 5.41 Å². The summed E-state index contributed by atoms with van der Waals surface area (Å²) < 4.78 is 0. The molecule has 0 aromatic rings. The summed E-state index contributed by atoms with van der Waals surface area (Å²) in [5, 5.41) is 0. The molecule has 0 spiro atoms. The van der Waals surface area contributed by atoms with Crippen LogP contribution in [0.4, 0.5) is 0 Å². The van der Waals surface area contributed by atoms with Gasteiger partial charge in [-0.15, -0.1) is 0 Å². The molecular formula is C15H28N2O. The topological polar surface area (TPSA) is 46.3 Å². The maximum Gasteiger partial charge on any atom is 0.153 e. The zero-order valence-electron chi connectivity index (χ0n) is 12.2. The van der Waals surface area contributed by atoms with E-state index < -0.39 is 5.54 Å². The molecule has 0 amide bonds. The van der Waals surface area contributed by atoms with Crippen LogP contribution in [-0.4, -0.2) is 35.4 Å². The third-order valence-electron chi connectivity index (χ3n) is 5.12. The number of hydrogen-bond acceptors (Lipinski definition) is 3. The van der Waals surface area contributed by atoms with Crippen molar-refractivity contribution in [2.75, 3.05) is 13.1 Å². The normalized spacial score (nSPS) is 26.9. The van der Waals surface area contributed by atoms with E-state index in [2.05, 4.69) is 25.7 Å². The smallest absolute Gasteiger partial charge is 0.153 e. The van der Waals surface area contributed by atoms with Crippen molar-refractivity contribution in [3.05, 3.63) is 0 Å². The van der Waals surface area contributed by atoms with Crippen LogP contribution in [0.5, 0.6) is 0 Å². The van der Waals surface area contributed by atoms with Gasteiger partial charge in [-0.25, -0.2) is 0 Å². The molecule has 2 aliphatic rings. The second-order valence-corrected chi connectivity index (χ2v) is 7.05. The van der Waals surface area contributed by atoms with Gasteiger partial charge >= 0.3 is 0 Å². The van der Waals surface area contributed by atoms with Crippen LogP contribution in [0.2, 0.25) is 0 Å². The summed E-state index contributed by atoms with van der Waals surface area (Å²) in [5.41, 5.74) is 5.86. The zero-order chi connectivity index (χ0) is 13.4. The summed E-state index contributed by atoms with van der Waals surface area (Å²) in [6.45, 7) is 9.01. The van der Waals surface area contributed by atoms with Crippen molar-refractivity contribution in [2.45, 2.75) is 70.9 Å². The lowest BCUT2D eigenvalue weighted by Crippen LogP contribution is -2.55. The number of rotatable bonds is 4. The number of nitrogens with zero attached hydrogens (tertiary/aromatic N) is 1. The molecule has 0 unspecified atom stereocenters. The van der Waals surface area contributed by atoms with E-state index in [1.54, 1.807) is 0 Å². The number of nitrogens with two attached hydrogens (primary N) is 1. The van der Waals surface area contributed by atoms with Gasteiger partial charge in [-0.1, -0.05) is 6.92 Å². The fourth-order valence-electron chi connectivity index (χ4n) is 3.16. The third kappa shape index (κ3) is 2.77. The number of Topliss-reactive ketones (excluding diaryl/α,β-unsaturated/α-hetero) is 1. The van der Waals surface area contributed by atoms with Crippen molar-refractivity contribution < 1.29 is 4.79 Å². The van der Waals surface area contributed by atoms with Crippen LogP contribution in [0.3, 0.4) is 0 Å². The molecular weight excluding hydrogens is 224 g/mol. The summed E-state index contributed by atoms with van der Waals surface area (Å²) in [6, 6.07) is 0.623. The van der Waals surface area contributed by atoms with E-state index in [9.17, 15) is 4.79 Å². The first kappa shape index (κ1) is 14.0. The Balaban J connectivity index is 1.88. The van der Waals surface area contributed by atoms with Crippen molar-refractivity contribution in [1.29, 1.82) is 0 Å². The Labute approximate surface area is 111 Å². The fourth-order valence-corrected chi connectivity index (χ4v) is 3.16. The van der Waals surface area contributed by atoms with Gasteiger partial charge in [0.05, 0.1) is 5.54 Å². The third-order valence-corrected chi connectivity index (χ3v) is 5.12. The molecule has 0 atom stereocenters. The Hall–Kier alpha value is -0.410. The quantitative estimate of drug-likeness (QED) is 0.835. The molecule has 0 aromatic heterocycles. The highest BCUT2D eigenvalue weighted by Crippen LogP contribution is 2.39. The van der Waals surface area contributed by atoms with Crippen molar-refractivity contribution in [3.8, 4) is 0 Å². The number of hydrogen-bond donors (Lipinski definition) is 1. The van der Waals surface area contributed by atoms with Crippen molar-refractivity contribution in [3.63, 3.8) is 0 Å². The number of ketones is 1. The van der Waals surface area contributed by atoms with Crippen LogP contribution in [-0.2, 0) is 4.79 Å². The largest absolute Gasteiger partial charge is 0.319 e. The van der Waals surface area contributed by atoms with Gasteiger partial charge in [0.1, 0.15) is 0 Å². The lowest BCUT2D eigenvalue weighted by atomic mass is 9.67. The van der Waals surface area contributed by atoms with Gasteiger partial charge in [0.25, 0.3) is 0 Å².